The molecule has 1 aliphatic heterocycles. The summed E-state index contributed by atoms with van der Waals surface area (Å²) in [6.45, 7) is 0. The number of aryl methyl sites for hydroxylation is 1. The molecule has 2 atom stereocenters. The summed E-state index contributed by atoms with van der Waals surface area (Å²) in [5.41, 5.74) is 8.59. The highest BCUT2D eigenvalue weighted by atomic mass is 32.2. The molecule has 2 heterocycles. The summed E-state index contributed by atoms with van der Waals surface area (Å²) in [7, 11) is 2.08. The van der Waals surface area contributed by atoms with Crippen molar-refractivity contribution in [2.24, 2.45) is 12.8 Å². The van der Waals surface area contributed by atoms with Gasteiger partial charge in [0.25, 0.3) is 0 Å². The maximum atomic E-state index is 6.33. The second-order valence-corrected chi connectivity index (χ2v) is 6.34. The van der Waals surface area contributed by atoms with Crippen molar-refractivity contribution in [3.05, 3.63) is 30.1 Å². The van der Waals surface area contributed by atoms with Crippen molar-refractivity contribution in [1.29, 1.82) is 0 Å². The van der Waals surface area contributed by atoms with Crippen LogP contribution in [-0.4, -0.2) is 26.6 Å². The van der Waals surface area contributed by atoms with Crippen LogP contribution < -0.4 is 5.73 Å². The first-order valence-corrected chi connectivity index (χ1v) is 7.58. The lowest BCUT2D eigenvalue weighted by atomic mass is 10.1. The van der Waals surface area contributed by atoms with E-state index >= 15 is 0 Å². The Kier molecular flexibility index (Phi) is 3.31. The van der Waals surface area contributed by atoms with Gasteiger partial charge < -0.3 is 10.3 Å². The Morgan fingerprint density at radius 2 is 2.33 bits per heavy atom. The number of para-hydroxylation sites is 2. The van der Waals surface area contributed by atoms with Gasteiger partial charge >= 0.3 is 0 Å². The standard InChI is InChI=1S/C14H19N3S/c1-17-12-6-3-2-5-11(12)16-14(17)9-10(15)13-7-4-8-18-13/h2-3,5-6,10,13H,4,7-9,15H2,1H3. The van der Waals surface area contributed by atoms with Crippen LogP contribution >= 0.6 is 11.8 Å². The molecule has 1 aromatic carbocycles. The van der Waals surface area contributed by atoms with Crippen molar-refractivity contribution < 1.29 is 0 Å². The number of hydrogen-bond donors (Lipinski definition) is 1. The van der Waals surface area contributed by atoms with E-state index < -0.39 is 0 Å². The van der Waals surface area contributed by atoms with Crippen LogP contribution in [0.4, 0.5) is 0 Å². The Bertz CT molecular complexity index is 543. The van der Waals surface area contributed by atoms with E-state index in [2.05, 4.69) is 29.8 Å². The molecule has 96 valence electrons. The van der Waals surface area contributed by atoms with Gasteiger partial charge in [-0.2, -0.15) is 11.8 Å². The van der Waals surface area contributed by atoms with E-state index in [0.29, 0.717) is 5.25 Å². The average molecular weight is 261 g/mol. The fourth-order valence-corrected chi connectivity index (χ4v) is 3.97. The number of benzene rings is 1. The van der Waals surface area contributed by atoms with Crippen molar-refractivity contribution in [3.8, 4) is 0 Å². The Morgan fingerprint density at radius 1 is 1.50 bits per heavy atom. The van der Waals surface area contributed by atoms with Gasteiger partial charge in [-0.1, -0.05) is 12.1 Å². The molecule has 2 unspecified atom stereocenters. The summed E-state index contributed by atoms with van der Waals surface area (Å²) >= 11 is 2.02. The van der Waals surface area contributed by atoms with E-state index in [9.17, 15) is 0 Å². The summed E-state index contributed by atoms with van der Waals surface area (Å²) in [5.74, 6) is 2.37. The molecule has 1 fully saturated rings. The molecule has 0 saturated carbocycles. The van der Waals surface area contributed by atoms with Crippen LogP contribution in [0.5, 0.6) is 0 Å². The minimum atomic E-state index is 0.230. The molecule has 3 rings (SSSR count). The highest BCUT2D eigenvalue weighted by molar-refractivity contribution is 8.00. The molecular weight excluding hydrogens is 242 g/mol. The fraction of sp³-hybridized carbons (Fsp3) is 0.500. The summed E-state index contributed by atoms with van der Waals surface area (Å²) in [6, 6.07) is 8.50. The number of aromatic nitrogens is 2. The summed E-state index contributed by atoms with van der Waals surface area (Å²) in [5, 5.41) is 0.616. The SMILES string of the molecule is Cn1c(CC(N)C2CCCS2)nc2ccccc21. The Labute approximate surface area is 112 Å². The first-order valence-electron chi connectivity index (χ1n) is 6.53. The molecule has 18 heavy (non-hydrogen) atoms. The molecule has 0 bridgehead atoms. The van der Waals surface area contributed by atoms with Crippen LogP contribution in [0.3, 0.4) is 0 Å². The highest BCUT2D eigenvalue weighted by Crippen LogP contribution is 2.29. The maximum Gasteiger partial charge on any atom is 0.111 e. The second kappa shape index (κ2) is 4.94. The molecule has 1 aromatic heterocycles. The molecule has 4 heteroatoms. The third kappa shape index (κ3) is 2.15. The van der Waals surface area contributed by atoms with Gasteiger partial charge in [-0.3, -0.25) is 0 Å². The molecule has 0 radical (unpaired) electrons. The zero-order valence-corrected chi connectivity index (χ0v) is 11.5. The number of hydrogen-bond acceptors (Lipinski definition) is 3. The zero-order chi connectivity index (χ0) is 12.5. The van der Waals surface area contributed by atoms with Gasteiger partial charge in [-0.25, -0.2) is 4.98 Å². The lowest BCUT2D eigenvalue weighted by Crippen LogP contribution is -2.33. The van der Waals surface area contributed by atoms with E-state index in [1.807, 2.05) is 17.8 Å². The quantitative estimate of drug-likeness (QED) is 0.922. The lowest BCUT2D eigenvalue weighted by molar-refractivity contribution is 0.584. The van der Waals surface area contributed by atoms with Crippen molar-refractivity contribution in [2.45, 2.75) is 30.6 Å². The second-order valence-electron chi connectivity index (χ2n) is 5.00. The van der Waals surface area contributed by atoms with E-state index in [0.717, 1.165) is 17.8 Å². The van der Waals surface area contributed by atoms with Crippen LogP contribution in [0.15, 0.2) is 24.3 Å². The van der Waals surface area contributed by atoms with Gasteiger partial charge in [-0.05, 0) is 30.7 Å². The summed E-state index contributed by atoms with van der Waals surface area (Å²) in [4.78, 5) is 4.70. The van der Waals surface area contributed by atoms with Crippen molar-refractivity contribution in [2.75, 3.05) is 5.75 Å². The first kappa shape index (κ1) is 12.1. The van der Waals surface area contributed by atoms with Crippen LogP contribution in [0.25, 0.3) is 11.0 Å². The third-order valence-electron chi connectivity index (χ3n) is 3.74. The largest absolute Gasteiger partial charge is 0.331 e. The van der Waals surface area contributed by atoms with Crippen molar-refractivity contribution in [3.63, 3.8) is 0 Å². The number of thioether (sulfide) groups is 1. The Balaban J connectivity index is 1.83. The highest BCUT2D eigenvalue weighted by Gasteiger charge is 2.24. The van der Waals surface area contributed by atoms with E-state index in [-0.39, 0.29) is 6.04 Å². The molecule has 2 aromatic rings. The predicted molar refractivity (Wildman–Crippen MR) is 77.9 cm³/mol. The summed E-state index contributed by atoms with van der Waals surface area (Å²) < 4.78 is 2.18. The Hall–Kier alpha value is -1.00. The Morgan fingerprint density at radius 3 is 3.06 bits per heavy atom. The molecule has 1 aliphatic rings. The normalized spacial score (nSPS) is 21.6. The van der Waals surface area contributed by atoms with Gasteiger partial charge in [0.15, 0.2) is 0 Å². The smallest absolute Gasteiger partial charge is 0.111 e. The van der Waals surface area contributed by atoms with Crippen molar-refractivity contribution >= 4 is 22.8 Å². The minimum absolute atomic E-state index is 0.230. The molecular formula is C14H19N3S. The minimum Gasteiger partial charge on any atom is -0.331 e. The van der Waals surface area contributed by atoms with Crippen LogP contribution in [0, 0.1) is 0 Å². The molecule has 0 spiro atoms. The van der Waals surface area contributed by atoms with E-state index in [1.165, 1.54) is 24.1 Å². The van der Waals surface area contributed by atoms with Crippen LogP contribution in [0.2, 0.25) is 0 Å². The number of nitrogens with zero attached hydrogens (tertiary/aromatic N) is 2. The van der Waals surface area contributed by atoms with E-state index in [1.54, 1.807) is 0 Å². The molecule has 1 saturated heterocycles. The topological polar surface area (TPSA) is 43.8 Å². The van der Waals surface area contributed by atoms with Crippen LogP contribution in [-0.2, 0) is 13.5 Å². The molecule has 0 amide bonds. The monoisotopic (exact) mass is 261 g/mol. The molecule has 2 N–H and O–H groups in total. The van der Waals surface area contributed by atoms with Gasteiger partial charge in [0.05, 0.1) is 11.0 Å². The number of rotatable bonds is 3. The predicted octanol–water partition coefficient (Wildman–Crippen LogP) is 2.34. The summed E-state index contributed by atoms with van der Waals surface area (Å²) in [6.07, 6.45) is 3.45. The van der Waals surface area contributed by atoms with Gasteiger partial charge in [0.1, 0.15) is 5.82 Å². The number of imidazole rings is 1. The molecule has 0 aliphatic carbocycles. The number of nitrogens with two attached hydrogens (primary N) is 1. The molecule has 3 nitrogen and oxygen atoms in total. The fourth-order valence-electron chi connectivity index (χ4n) is 2.66. The maximum absolute atomic E-state index is 6.33. The van der Waals surface area contributed by atoms with Gasteiger partial charge in [0, 0.05) is 24.8 Å². The first-order chi connectivity index (χ1) is 8.75. The zero-order valence-electron chi connectivity index (χ0n) is 10.7. The van der Waals surface area contributed by atoms with Crippen molar-refractivity contribution in [1.82, 2.24) is 9.55 Å². The lowest BCUT2D eigenvalue weighted by Gasteiger charge is -2.17. The average Bonchev–Trinajstić information content (AvgIpc) is 3.00. The van der Waals surface area contributed by atoms with Crippen LogP contribution in [0.1, 0.15) is 18.7 Å². The van der Waals surface area contributed by atoms with E-state index in [4.69, 9.17) is 10.7 Å². The van der Waals surface area contributed by atoms with Gasteiger partial charge in [0.2, 0.25) is 0 Å². The third-order valence-corrected chi connectivity index (χ3v) is 5.28. The number of fused-ring (bicyclic) bond motifs is 1. The van der Waals surface area contributed by atoms with Gasteiger partial charge in [-0.15, -0.1) is 0 Å².